The number of hydrogen-bond donors (Lipinski definition) is 3. The van der Waals surface area contributed by atoms with Gasteiger partial charge in [-0.15, -0.1) is 0 Å². The number of aromatic amines is 1. The summed E-state index contributed by atoms with van der Waals surface area (Å²) in [7, 11) is 0. The van der Waals surface area contributed by atoms with E-state index in [1.807, 2.05) is 6.92 Å². The molecule has 3 N–H and O–H groups in total. The Labute approximate surface area is 76.2 Å². The highest BCUT2D eigenvalue weighted by atomic mass is 16.4. The summed E-state index contributed by atoms with van der Waals surface area (Å²) in [5, 5.41) is 17.3. The Morgan fingerprint density at radius 1 is 1.77 bits per heavy atom. The second kappa shape index (κ2) is 4.49. The van der Waals surface area contributed by atoms with Crippen molar-refractivity contribution in [1.82, 2.24) is 15.5 Å². The van der Waals surface area contributed by atoms with Gasteiger partial charge in [0.25, 0.3) is 0 Å². The third-order valence-corrected chi connectivity index (χ3v) is 1.83. The molecule has 0 radical (unpaired) electrons. The number of amides is 1. The number of rotatable bonds is 4. The van der Waals surface area contributed by atoms with Crippen molar-refractivity contribution in [2.45, 2.75) is 19.8 Å². The smallest absolute Gasteiger partial charge is 0.404 e. The minimum Gasteiger partial charge on any atom is -0.465 e. The van der Waals surface area contributed by atoms with E-state index in [0.717, 1.165) is 24.1 Å². The second-order valence-corrected chi connectivity index (χ2v) is 2.86. The Morgan fingerprint density at radius 3 is 3.08 bits per heavy atom. The molecule has 0 atom stereocenters. The number of carbonyl (C=O) groups is 1. The number of aromatic nitrogens is 2. The lowest BCUT2D eigenvalue weighted by atomic mass is 10.1. The SMILES string of the molecule is Cc1[nH]ncc1CCCNC(=O)O. The fraction of sp³-hybridized carbons (Fsp3) is 0.500. The van der Waals surface area contributed by atoms with E-state index in [2.05, 4.69) is 15.5 Å². The number of carboxylic acid groups (broad SMARTS) is 1. The van der Waals surface area contributed by atoms with Crippen LogP contribution in [0.25, 0.3) is 0 Å². The molecule has 0 saturated carbocycles. The van der Waals surface area contributed by atoms with Crippen LogP contribution in [-0.4, -0.2) is 27.9 Å². The summed E-state index contributed by atoms with van der Waals surface area (Å²) in [6.45, 7) is 2.44. The molecule has 0 spiro atoms. The minimum absolute atomic E-state index is 0.486. The second-order valence-electron chi connectivity index (χ2n) is 2.86. The highest BCUT2D eigenvalue weighted by Gasteiger charge is 2.00. The predicted molar refractivity (Wildman–Crippen MR) is 47.7 cm³/mol. The first kappa shape index (κ1) is 9.57. The van der Waals surface area contributed by atoms with Crippen LogP contribution in [0.2, 0.25) is 0 Å². The molecule has 1 amide bonds. The number of H-pyrrole nitrogens is 1. The summed E-state index contributed by atoms with van der Waals surface area (Å²) in [5.74, 6) is 0. The van der Waals surface area contributed by atoms with Crippen molar-refractivity contribution >= 4 is 6.09 Å². The fourth-order valence-corrected chi connectivity index (χ4v) is 1.10. The minimum atomic E-state index is -0.969. The third-order valence-electron chi connectivity index (χ3n) is 1.83. The van der Waals surface area contributed by atoms with Gasteiger partial charge >= 0.3 is 6.09 Å². The van der Waals surface area contributed by atoms with E-state index in [0.29, 0.717) is 6.54 Å². The van der Waals surface area contributed by atoms with Crippen LogP contribution < -0.4 is 5.32 Å². The van der Waals surface area contributed by atoms with Crippen molar-refractivity contribution in [2.24, 2.45) is 0 Å². The van der Waals surface area contributed by atoms with Gasteiger partial charge in [-0.3, -0.25) is 5.10 Å². The largest absolute Gasteiger partial charge is 0.465 e. The topological polar surface area (TPSA) is 78.0 Å². The molecule has 1 heterocycles. The maximum Gasteiger partial charge on any atom is 0.404 e. The summed E-state index contributed by atoms with van der Waals surface area (Å²) < 4.78 is 0. The number of aryl methyl sites for hydroxylation is 2. The summed E-state index contributed by atoms with van der Waals surface area (Å²) in [4.78, 5) is 10.1. The summed E-state index contributed by atoms with van der Waals surface area (Å²) in [6, 6.07) is 0. The van der Waals surface area contributed by atoms with Crippen LogP contribution in [0.3, 0.4) is 0 Å². The Kier molecular flexibility index (Phi) is 3.31. The van der Waals surface area contributed by atoms with Gasteiger partial charge in [-0.05, 0) is 25.3 Å². The van der Waals surface area contributed by atoms with Crippen molar-refractivity contribution in [3.8, 4) is 0 Å². The monoisotopic (exact) mass is 183 g/mol. The molecule has 1 rings (SSSR count). The molecule has 0 aliphatic heterocycles. The molecule has 5 nitrogen and oxygen atoms in total. The number of nitrogens with zero attached hydrogens (tertiary/aromatic N) is 1. The zero-order valence-corrected chi connectivity index (χ0v) is 7.50. The first-order chi connectivity index (χ1) is 6.20. The molecule has 0 bridgehead atoms. The Hall–Kier alpha value is -1.52. The molecule has 1 aromatic rings. The average Bonchev–Trinajstić information content (AvgIpc) is 2.45. The zero-order valence-electron chi connectivity index (χ0n) is 7.50. The molecule has 0 aliphatic rings. The highest BCUT2D eigenvalue weighted by Crippen LogP contribution is 2.04. The molecule has 13 heavy (non-hydrogen) atoms. The van der Waals surface area contributed by atoms with E-state index in [1.54, 1.807) is 6.20 Å². The van der Waals surface area contributed by atoms with E-state index < -0.39 is 6.09 Å². The van der Waals surface area contributed by atoms with E-state index in [1.165, 1.54) is 0 Å². The van der Waals surface area contributed by atoms with Gasteiger partial charge in [0.1, 0.15) is 0 Å². The van der Waals surface area contributed by atoms with Crippen LogP contribution in [0.1, 0.15) is 17.7 Å². The van der Waals surface area contributed by atoms with Crippen LogP contribution in [0.15, 0.2) is 6.20 Å². The van der Waals surface area contributed by atoms with Crippen molar-refractivity contribution in [3.63, 3.8) is 0 Å². The Morgan fingerprint density at radius 2 is 2.54 bits per heavy atom. The van der Waals surface area contributed by atoms with Gasteiger partial charge in [0.2, 0.25) is 0 Å². The lowest BCUT2D eigenvalue weighted by Crippen LogP contribution is -2.22. The van der Waals surface area contributed by atoms with Crippen molar-refractivity contribution < 1.29 is 9.90 Å². The molecular formula is C8H13N3O2. The van der Waals surface area contributed by atoms with Gasteiger partial charge in [0.05, 0.1) is 6.20 Å². The van der Waals surface area contributed by atoms with Gasteiger partial charge in [0, 0.05) is 12.2 Å². The Bertz CT molecular complexity index is 283. The maximum atomic E-state index is 10.1. The van der Waals surface area contributed by atoms with Crippen LogP contribution in [0.5, 0.6) is 0 Å². The molecule has 72 valence electrons. The normalized spacial score (nSPS) is 9.92. The van der Waals surface area contributed by atoms with Crippen molar-refractivity contribution in [1.29, 1.82) is 0 Å². The Balaban J connectivity index is 2.20. The quantitative estimate of drug-likeness (QED) is 0.607. The molecule has 0 aliphatic carbocycles. The molecule has 0 unspecified atom stereocenters. The number of nitrogens with one attached hydrogen (secondary N) is 2. The van der Waals surface area contributed by atoms with Crippen LogP contribution >= 0.6 is 0 Å². The standard InChI is InChI=1S/C8H13N3O2/c1-6-7(5-10-11-6)3-2-4-9-8(12)13/h5,9H,2-4H2,1H3,(H,10,11)(H,12,13). The van der Waals surface area contributed by atoms with Gasteiger partial charge < -0.3 is 10.4 Å². The average molecular weight is 183 g/mol. The lowest BCUT2D eigenvalue weighted by Gasteiger charge is -1.99. The van der Waals surface area contributed by atoms with Crippen molar-refractivity contribution in [3.05, 3.63) is 17.5 Å². The van der Waals surface area contributed by atoms with E-state index >= 15 is 0 Å². The fourth-order valence-electron chi connectivity index (χ4n) is 1.10. The van der Waals surface area contributed by atoms with Crippen molar-refractivity contribution in [2.75, 3.05) is 6.54 Å². The van der Waals surface area contributed by atoms with Gasteiger partial charge in [-0.1, -0.05) is 0 Å². The lowest BCUT2D eigenvalue weighted by molar-refractivity contribution is 0.194. The van der Waals surface area contributed by atoms with E-state index in [4.69, 9.17) is 5.11 Å². The summed E-state index contributed by atoms with van der Waals surface area (Å²) in [5.41, 5.74) is 2.20. The maximum absolute atomic E-state index is 10.1. The van der Waals surface area contributed by atoms with Crippen LogP contribution in [0.4, 0.5) is 4.79 Å². The zero-order chi connectivity index (χ0) is 9.68. The predicted octanol–water partition coefficient (Wildman–Crippen LogP) is 0.918. The van der Waals surface area contributed by atoms with Gasteiger partial charge in [-0.25, -0.2) is 4.79 Å². The molecule has 5 heteroatoms. The van der Waals surface area contributed by atoms with E-state index in [9.17, 15) is 4.79 Å². The van der Waals surface area contributed by atoms with Crippen LogP contribution in [0, 0.1) is 6.92 Å². The highest BCUT2D eigenvalue weighted by molar-refractivity contribution is 5.64. The molecular weight excluding hydrogens is 170 g/mol. The number of hydrogen-bond acceptors (Lipinski definition) is 2. The molecule has 1 aromatic heterocycles. The molecule has 0 saturated heterocycles. The first-order valence-electron chi connectivity index (χ1n) is 4.16. The van der Waals surface area contributed by atoms with Gasteiger partial charge in [0.15, 0.2) is 0 Å². The summed E-state index contributed by atoms with van der Waals surface area (Å²) in [6.07, 6.45) is 2.45. The third kappa shape index (κ3) is 3.14. The molecule has 0 fully saturated rings. The molecule has 0 aromatic carbocycles. The van der Waals surface area contributed by atoms with Crippen LogP contribution in [-0.2, 0) is 6.42 Å². The first-order valence-corrected chi connectivity index (χ1v) is 4.16. The van der Waals surface area contributed by atoms with E-state index in [-0.39, 0.29) is 0 Å². The summed E-state index contributed by atoms with van der Waals surface area (Å²) >= 11 is 0. The van der Waals surface area contributed by atoms with Gasteiger partial charge in [-0.2, -0.15) is 5.10 Å².